The number of anilines is 2. The number of piperazine rings is 1. The Balaban J connectivity index is 1.57. The molecule has 2 aromatic rings. The maximum absolute atomic E-state index is 12.6. The topological polar surface area (TPSA) is 127 Å². The van der Waals surface area contributed by atoms with Gasteiger partial charge < -0.3 is 24.6 Å². The van der Waals surface area contributed by atoms with Crippen molar-refractivity contribution in [2.75, 3.05) is 63.3 Å². The third kappa shape index (κ3) is 5.91. The number of carbonyl (C=O) groups is 2. The van der Waals surface area contributed by atoms with E-state index in [1.165, 1.54) is 19.2 Å². The molecule has 1 aliphatic rings. The van der Waals surface area contributed by atoms with Crippen molar-refractivity contribution in [3.05, 3.63) is 58.3 Å². The molecule has 1 saturated heterocycles. The molecule has 1 fully saturated rings. The Morgan fingerprint density at radius 1 is 1.19 bits per heavy atom. The van der Waals surface area contributed by atoms with Crippen LogP contribution in [-0.4, -0.2) is 79.7 Å². The second-order valence-electron chi connectivity index (χ2n) is 7.04. The number of aromatic nitrogens is 1. The molecular formula is C21H25N5O6. The predicted molar refractivity (Wildman–Crippen MR) is 117 cm³/mol. The smallest absolute Gasteiger partial charge is 0.341 e. The summed E-state index contributed by atoms with van der Waals surface area (Å²) in [6, 6.07) is 9.52. The van der Waals surface area contributed by atoms with E-state index in [2.05, 4.69) is 15.2 Å². The third-order valence-corrected chi connectivity index (χ3v) is 4.99. The van der Waals surface area contributed by atoms with Crippen LogP contribution < -0.4 is 10.2 Å². The van der Waals surface area contributed by atoms with Crippen LogP contribution in [0.4, 0.5) is 17.2 Å². The lowest BCUT2D eigenvalue weighted by Gasteiger charge is -2.35. The predicted octanol–water partition coefficient (Wildman–Crippen LogP) is 1.55. The Morgan fingerprint density at radius 3 is 2.62 bits per heavy atom. The van der Waals surface area contributed by atoms with Crippen molar-refractivity contribution in [1.82, 2.24) is 9.88 Å². The number of non-ortho nitro benzene ring substituents is 1. The lowest BCUT2D eigenvalue weighted by molar-refractivity contribution is -0.384. The molecule has 0 unspecified atom stereocenters. The van der Waals surface area contributed by atoms with E-state index in [1.807, 2.05) is 18.2 Å². The van der Waals surface area contributed by atoms with E-state index in [-0.39, 0.29) is 17.2 Å². The van der Waals surface area contributed by atoms with Crippen molar-refractivity contribution in [2.24, 2.45) is 0 Å². The minimum absolute atomic E-state index is 0.0110. The Morgan fingerprint density at radius 2 is 1.97 bits per heavy atom. The first-order valence-corrected chi connectivity index (χ1v) is 10.1. The minimum atomic E-state index is -0.811. The maximum Gasteiger partial charge on any atom is 0.341 e. The largest absolute Gasteiger partial charge is 0.452 e. The fourth-order valence-electron chi connectivity index (χ4n) is 3.28. The molecule has 32 heavy (non-hydrogen) atoms. The van der Waals surface area contributed by atoms with E-state index in [0.717, 1.165) is 11.9 Å². The van der Waals surface area contributed by atoms with Crippen LogP contribution in [0, 0.1) is 10.1 Å². The standard InChI is InChI=1S/C21H25N5O6/c1-31-13-8-22-18-6-5-16(26(29)30)14-17(18)21(28)32-15-20(27)25-11-9-24(10-12-25)19-4-2-3-7-23-19/h2-7,14,22H,8-13,15H2,1H3. The molecule has 0 saturated carbocycles. The summed E-state index contributed by atoms with van der Waals surface area (Å²) < 4.78 is 10.1. The summed E-state index contributed by atoms with van der Waals surface area (Å²) in [5, 5.41) is 14.1. The zero-order valence-corrected chi connectivity index (χ0v) is 17.7. The van der Waals surface area contributed by atoms with Crippen molar-refractivity contribution < 1.29 is 24.0 Å². The third-order valence-electron chi connectivity index (χ3n) is 4.99. The maximum atomic E-state index is 12.6. The molecule has 0 atom stereocenters. The minimum Gasteiger partial charge on any atom is -0.452 e. The number of nitro benzene ring substituents is 1. The molecule has 11 heteroatoms. The van der Waals surface area contributed by atoms with Crippen LogP contribution in [0.5, 0.6) is 0 Å². The Bertz CT molecular complexity index is 947. The normalized spacial score (nSPS) is 13.5. The van der Waals surface area contributed by atoms with Gasteiger partial charge in [0.2, 0.25) is 0 Å². The lowest BCUT2D eigenvalue weighted by Crippen LogP contribution is -2.50. The number of esters is 1. The first-order valence-electron chi connectivity index (χ1n) is 10.1. The SMILES string of the molecule is COCCNc1ccc([N+](=O)[O-])cc1C(=O)OCC(=O)N1CCN(c2ccccn2)CC1. The molecule has 1 aromatic heterocycles. The molecule has 11 nitrogen and oxygen atoms in total. The first-order chi connectivity index (χ1) is 15.5. The highest BCUT2D eigenvalue weighted by molar-refractivity contribution is 5.97. The Kier molecular flexibility index (Phi) is 7.92. The summed E-state index contributed by atoms with van der Waals surface area (Å²) in [5.74, 6) is -0.280. The second kappa shape index (κ2) is 11.0. The average molecular weight is 443 g/mol. The molecule has 2 heterocycles. The Hall–Kier alpha value is -3.73. The van der Waals surface area contributed by atoms with Crippen LogP contribution in [-0.2, 0) is 14.3 Å². The van der Waals surface area contributed by atoms with Crippen molar-refractivity contribution >= 4 is 29.1 Å². The summed E-state index contributed by atoms with van der Waals surface area (Å²) in [5.41, 5.74) is 0.114. The van der Waals surface area contributed by atoms with Crippen LogP contribution in [0.1, 0.15) is 10.4 Å². The molecule has 1 aliphatic heterocycles. The van der Waals surface area contributed by atoms with Gasteiger partial charge in [-0.2, -0.15) is 0 Å². The number of pyridine rings is 1. The van der Waals surface area contributed by atoms with Gasteiger partial charge in [0, 0.05) is 63.9 Å². The number of hydrogen-bond acceptors (Lipinski definition) is 9. The number of nitrogens with zero attached hydrogens (tertiary/aromatic N) is 4. The number of carbonyl (C=O) groups excluding carboxylic acids is 2. The highest BCUT2D eigenvalue weighted by Gasteiger charge is 2.24. The summed E-state index contributed by atoms with van der Waals surface area (Å²) in [4.78, 5) is 43.6. The van der Waals surface area contributed by atoms with Gasteiger partial charge in [0.25, 0.3) is 11.6 Å². The number of benzene rings is 1. The van der Waals surface area contributed by atoms with Crippen molar-refractivity contribution in [3.8, 4) is 0 Å². The number of nitro groups is 1. The fraction of sp³-hybridized carbons (Fsp3) is 0.381. The van der Waals surface area contributed by atoms with Gasteiger partial charge in [0.05, 0.1) is 17.1 Å². The number of nitrogens with one attached hydrogen (secondary N) is 1. The van der Waals surface area contributed by atoms with Crippen LogP contribution >= 0.6 is 0 Å². The monoisotopic (exact) mass is 443 g/mol. The molecule has 1 N–H and O–H groups in total. The van der Waals surface area contributed by atoms with Gasteiger partial charge in [-0.05, 0) is 18.2 Å². The highest BCUT2D eigenvalue weighted by atomic mass is 16.6. The van der Waals surface area contributed by atoms with Gasteiger partial charge in [0.1, 0.15) is 5.82 Å². The van der Waals surface area contributed by atoms with E-state index < -0.39 is 17.5 Å². The zero-order chi connectivity index (χ0) is 22.9. The molecule has 170 valence electrons. The van der Waals surface area contributed by atoms with E-state index in [9.17, 15) is 19.7 Å². The summed E-state index contributed by atoms with van der Waals surface area (Å²) in [6.07, 6.45) is 1.72. The number of amides is 1. The van der Waals surface area contributed by atoms with Gasteiger partial charge >= 0.3 is 5.97 Å². The van der Waals surface area contributed by atoms with Gasteiger partial charge in [-0.15, -0.1) is 0 Å². The van der Waals surface area contributed by atoms with Crippen LogP contribution in [0.2, 0.25) is 0 Å². The molecule has 1 amide bonds. The number of methoxy groups -OCH3 is 1. The summed E-state index contributed by atoms with van der Waals surface area (Å²) in [7, 11) is 1.54. The number of ether oxygens (including phenoxy) is 2. The average Bonchev–Trinajstić information content (AvgIpc) is 2.83. The quantitative estimate of drug-likeness (QED) is 0.266. The molecule has 0 bridgehead atoms. The van der Waals surface area contributed by atoms with E-state index >= 15 is 0 Å². The van der Waals surface area contributed by atoms with Gasteiger partial charge in [0.15, 0.2) is 6.61 Å². The molecule has 3 rings (SSSR count). The van der Waals surface area contributed by atoms with E-state index in [1.54, 1.807) is 11.1 Å². The lowest BCUT2D eigenvalue weighted by atomic mass is 10.1. The van der Waals surface area contributed by atoms with E-state index in [0.29, 0.717) is 45.0 Å². The molecule has 0 radical (unpaired) electrons. The number of rotatable bonds is 9. The van der Waals surface area contributed by atoms with Crippen LogP contribution in [0.15, 0.2) is 42.6 Å². The molecule has 0 aliphatic carbocycles. The first kappa shape index (κ1) is 22.9. The highest BCUT2D eigenvalue weighted by Crippen LogP contribution is 2.23. The second-order valence-corrected chi connectivity index (χ2v) is 7.04. The van der Waals surface area contributed by atoms with E-state index in [4.69, 9.17) is 9.47 Å². The molecular weight excluding hydrogens is 418 g/mol. The van der Waals surface area contributed by atoms with Crippen LogP contribution in [0.25, 0.3) is 0 Å². The zero-order valence-electron chi connectivity index (χ0n) is 17.7. The van der Waals surface area contributed by atoms with Crippen LogP contribution in [0.3, 0.4) is 0 Å². The van der Waals surface area contributed by atoms with Crippen molar-refractivity contribution in [1.29, 1.82) is 0 Å². The van der Waals surface area contributed by atoms with Gasteiger partial charge in [-0.1, -0.05) is 6.07 Å². The Labute approximate surface area is 185 Å². The van der Waals surface area contributed by atoms with Crippen molar-refractivity contribution in [3.63, 3.8) is 0 Å². The number of hydrogen-bond donors (Lipinski definition) is 1. The fourth-order valence-corrected chi connectivity index (χ4v) is 3.28. The summed E-state index contributed by atoms with van der Waals surface area (Å²) >= 11 is 0. The molecule has 1 aromatic carbocycles. The van der Waals surface area contributed by atoms with Gasteiger partial charge in [-0.3, -0.25) is 14.9 Å². The summed E-state index contributed by atoms with van der Waals surface area (Å²) in [6.45, 7) is 2.54. The molecule has 0 spiro atoms. The van der Waals surface area contributed by atoms with Gasteiger partial charge in [-0.25, -0.2) is 9.78 Å². The van der Waals surface area contributed by atoms with Crippen molar-refractivity contribution in [2.45, 2.75) is 0 Å².